The maximum absolute atomic E-state index is 11.9. The van der Waals surface area contributed by atoms with Gasteiger partial charge in [0.25, 0.3) is 0 Å². The van der Waals surface area contributed by atoms with E-state index in [1.54, 1.807) is 7.11 Å². The molecule has 31 heavy (non-hydrogen) atoms. The molecule has 1 fully saturated rings. The number of piperidine rings is 1. The number of amides is 1. The molecule has 1 saturated heterocycles. The molecule has 1 aliphatic rings. The molecule has 0 aromatic heterocycles. The standard InChI is InChI=1S/C24H41N5O2/c1-5-14-26-23(30)18-29-16-12-21(13-17-29)28-24(25-6-2)27-15-11-19(3)20-7-9-22(31-4)10-8-20/h7-10,19,21H,5-6,11-18H2,1-4H3,(H,26,30)(H2,25,27,28). The van der Waals surface area contributed by atoms with E-state index < -0.39 is 0 Å². The number of nitrogens with zero attached hydrogens (tertiary/aromatic N) is 2. The normalized spacial score (nSPS) is 16.6. The third-order valence-electron chi connectivity index (χ3n) is 5.73. The summed E-state index contributed by atoms with van der Waals surface area (Å²) in [6.45, 7) is 11.2. The molecule has 1 aromatic carbocycles. The van der Waals surface area contributed by atoms with Gasteiger partial charge in [-0.05, 0) is 56.2 Å². The number of likely N-dealkylation sites (tertiary alicyclic amines) is 1. The fraction of sp³-hybridized carbons (Fsp3) is 0.667. The molecule has 1 unspecified atom stereocenters. The molecular formula is C24H41N5O2. The van der Waals surface area contributed by atoms with Crippen molar-refractivity contribution in [2.75, 3.05) is 46.4 Å². The second-order valence-corrected chi connectivity index (χ2v) is 8.27. The van der Waals surface area contributed by atoms with Crippen LogP contribution in [0.2, 0.25) is 0 Å². The lowest BCUT2D eigenvalue weighted by molar-refractivity contribution is -0.122. The molecule has 2 rings (SSSR count). The minimum Gasteiger partial charge on any atom is -0.497 e. The largest absolute Gasteiger partial charge is 0.497 e. The summed E-state index contributed by atoms with van der Waals surface area (Å²) in [4.78, 5) is 19.0. The Kier molecular flexibility index (Phi) is 11.2. The van der Waals surface area contributed by atoms with Crippen molar-refractivity contribution in [1.82, 2.24) is 20.9 Å². The van der Waals surface area contributed by atoms with Crippen molar-refractivity contribution in [2.24, 2.45) is 4.99 Å². The van der Waals surface area contributed by atoms with Gasteiger partial charge in [0.1, 0.15) is 5.75 Å². The van der Waals surface area contributed by atoms with Crippen LogP contribution in [0.15, 0.2) is 29.3 Å². The zero-order chi connectivity index (χ0) is 22.5. The van der Waals surface area contributed by atoms with E-state index in [0.717, 1.165) is 70.1 Å². The summed E-state index contributed by atoms with van der Waals surface area (Å²) >= 11 is 0. The Bertz CT molecular complexity index is 669. The average Bonchev–Trinajstić information content (AvgIpc) is 2.79. The van der Waals surface area contributed by atoms with Crippen LogP contribution in [0.1, 0.15) is 57.9 Å². The van der Waals surface area contributed by atoms with Gasteiger partial charge in [-0.15, -0.1) is 0 Å². The molecule has 174 valence electrons. The minimum atomic E-state index is 0.133. The summed E-state index contributed by atoms with van der Waals surface area (Å²) in [7, 11) is 1.69. The van der Waals surface area contributed by atoms with Crippen LogP contribution >= 0.6 is 0 Å². The van der Waals surface area contributed by atoms with Gasteiger partial charge < -0.3 is 20.7 Å². The molecule has 1 heterocycles. The molecule has 0 spiro atoms. The summed E-state index contributed by atoms with van der Waals surface area (Å²) in [6, 6.07) is 8.69. The Morgan fingerprint density at radius 1 is 1.19 bits per heavy atom. The number of guanidine groups is 1. The van der Waals surface area contributed by atoms with Gasteiger partial charge in [0.15, 0.2) is 5.96 Å². The Morgan fingerprint density at radius 2 is 1.90 bits per heavy atom. The highest BCUT2D eigenvalue weighted by molar-refractivity contribution is 5.80. The molecule has 7 heteroatoms. The number of hydrogen-bond donors (Lipinski definition) is 3. The number of nitrogens with one attached hydrogen (secondary N) is 3. The lowest BCUT2D eigenvalue weighted by atomic mass is 9.98. The van der Waals surface area contributed by atoms with Crippen LogP contribution in [0.3, 0.4) is 0 Å². The quantitative estimate of drug-likeness (QED) is 0.371. The monoisotopic (exact) mass is 431 g/mol. The maximum Gasteiger partial charge on any atom is 0.234 e. The number of hydrogen-bond acceptors (Lipinski definition) is 4. The summed E-state index contributed by atoms with van der Waals surface area (Å²) in [5.74, 6) is 2.36. The zero-order valence-corrected chi connectivity index (χ0v) is 19.7. The predicted octanol–water partition coefficient (Wildman–Crippen LogP) is 2.73. The van der Waals surface area contributed by atoms with E-state index in [9.17, 15) is 4.79 Å². The summed E-state index contributed by atoms with van der Waals surface area (Å²) < 4.78 is 5.24. The van der Waals surface area contributed by atoms with Crippen molar-refractivity contribution in [1.29, 1.82) is 0 Å². The molecule has 0 aliphatic carbocycles. The molecule has 0 radical (unpaired) electrons. The number of carbonyl (C=O) groups is 1. The van der Waals surface area contributed by atoms with Crippen LogP contribution in [0.25, 0.3) is 0 Å². The third-order valence-corrected chi connectivity index (χ3v) is 5.73. The molecule has 1 amide bonds. The lowest BCUT2D eigenvalue weighted by Crippen LogP contribution is -2.50. The first-order valence-electron chi connectivity index (χ1n) is 11.7. The molecule has 1 aromatic rings. The van der Waals surface area contributed by atoms with Crippen molar-refractivity contribution >= 4 is 11.9 Å². The first-order chi connectivity index (χ1) is 15.0. The second kappa shape index (κ2) is 13.9. The molecule has 0 bridgehead atoms. The van der Waals surface area contributed by atoms with Gasteiger partial charge >= 0.3 is 0 Å². The Hall–Kier alpha value is -2.28. The first-order valence-corrected chi connectivity index (χ1v) is 11.7. The van der Waals surface area contributed by atoms with Crippen LogP contribution in [0, 0.1) is 0 Å². The van der Waals surface area contributed by atoms with E-state index in [0.29, 0.717) is 18.5 Å². The third kappa shape index (κ3) is 9.17. The molecule has 1 aliphatic heterocycles. The van der Waals surface area contributed by atoms with E-state index in [-0.39, 0.29) is 5.91 Å². The molecular weight excluding hydrogens is 390 g/mol. The highest BCUT2D eigenvalue weighted by atomic mass is 16.5. The van der Waals surface area contributed by atoms with E-state index in [4.69, 9.17) is 9.73 Å². The maximum atomic E-state index is 11.9. The number of aliphatic imine (C=N–C) groups is 1. The summed E-state index contributed by atoms with van der Waals surface area (Å²) in [5, 5.41) is 9.92. The topological polar surface area (TPSA) is 78.0 Å². The molecule has 7 nitrogen and oxygen atoms in total. The lowest BCUT2D eigenvalue weighted by Gasteiger charge is -2.32. The number of ether oxygens (including phenoxy) is 1. The molecule has 0 saturated carbocycles. The SMILES string of the molecule is CCCNC(=O)CN1CCC(NC(=NCCC(C)c2ccc(OC)cc2)NCC)CC1. The van der Waals surface area contributed by atoms with E-state index in [1.807, 2.05) is 12.1 Å². The summed E-state index contributed by atoms with van der Waals surface area (Å²) in [6.07, 6.45) is 4.01. The fourth-order valence-corrected chi connectivity index (χ4v) is 3.74. The zero-order valence-electron chi connectivity index (χ0n) is 19.7. The highest BCUT2D eigenvalue weighted by Crippen LogP contribution is 2.21. The predicted molar refractivity (Wildman–Crippen MR) is 128 cm³/mol. The fourth-order valence-electron chi connectivity index (χ4n) is 3.74. The van der Waals surface area contributed by atoms with Gasteiger partial charge in [0.05, 0.1) is 13.7 Å². The van der Waals surface area contributed by atoms with Gasteiger partial charge in [0.2, 0.25) is 5.91 Å². The smallest absolute Gasteiger partial charge is 0.234 e. The van der Waals surface area contributed by atoms with Gasteiger partial charge in [-0.1, -0.05) is 26.0 Å². The summed E-state index contributed by atoms with van der Waals surface area (Å²) in [5.41, 5.74) is 1.31. The highest BCUT2D eigenvalue weighted by Gasteiger charge is 2.21. The van der Waals surface area contributed by atoms with Crippen molar-refractivity contribution < 1.29 is 9.53 Å². The van der Waals surface area contributed by atoms with Crippen molar-refractivity contribution in [3.8, 4) is 5.75 Å². The van der Waals surface area contributed by atoms with Crippen LogP contribution in [0.4, 0.5) is 0 Å². The Morgan fingerprint density at radius 3 is 2.52 bits per heavy atom. The van der Waals surface area contributed by atoms with Crippen LogP contribution < -0.4 is 20.7 Å². The molecule has 3 N–H and O–H groups in total. The van der Waals surface area contributed by atoms with Gasteiger partial charge in [0, 0.05) is 38.8 Å². The Balaban J connectivity index is 1.76. The number of carbonyl (C=O) groups excluding carboxylic acids is 1. The van der Waals surface area contributed by atoms with Gasteiger partial charge in [-0.2, -0.15) is 0 Å². The second-order valence-electron chi connectivity index (χ2n) is 8.27. The van der Waals surface area contributed by atoms with Crippen LogP contribution in [-0.4, -0.2) is 69.2 Å². The average molecular weight is 432 g/mol. The first kappa shape index (κ1) is 25.0. The van der Waals surface area contributed by atoms with Crippen LogP contribution in [0.5, 0.6) is 5.75 Å². The minimum absolute atomic E-state index is 0.133. The van der Waals surface area contributed by atoms with Crippen molar-refractivity contribution in [3.63, 3.8) is 0 Å². The van der Waals surface area contributed by atoms with E-state index in [1.165, 1.54) is 5.56 Å². The number of rotatable bonds is 11. The van der Waals surface area contributed by atoms with Crippen LogP contribution in [-0.2, 0) is 4.79 Å². The number of benzene rings is 1. The van der Waals surface area contributed by atoms with E-state index >= 15 is 0 Å². The van der Waals surface area contributed by atoms with Crippen molar-refractivity contribution in [3.05, 3.63) is 29.8 Å². The van der Waals surface area contributed by atoms with Gasteiger partial charge in [-0.3, -0.25) is 14.7 Å². The Labute approximate surface area is 188 Å². The number of methoxy groups -OCH3 is 1. The van der Waals surface area contributed by atoms with Gasteiger partial charge in [-0.25, -0.2) is 0 Å². The van der Waals surface area contributed by atoms with E-state index in [2.05, 4.69) is 53.8 Å². The van der Waals surface area contributed by atoms with Crippen molar-refractivity contribution in [2.45, 2.75) is 58.4 Å². The molecule has 1 atom stereocenters.